The third-order valence-electron chi connectivity index (χ3n) is 3.85. The molecule has 25 heavy (non-hydrogen) atoms. The summed E-state index contributed by atoms with van der Waals surface area (Å²) in [6, 6.07) is 14.2. The zero-order valence-corrected chi connectivity index (χ0v) is 16.0. The second kappa shape index (κ2) is 7.81. The molecule has 0 heterocycles. The third-order valence-corrected chi connectivity index (χ3v) is 7.32. The second-order valence-electron chi connectivity index (χ2n) is 5.69. The highest BCUT2D eigenvalue weighted by atomic mass is 32.2. The minimum atomic E-state index is -4.05. The van der Waals surface area contributed by atoms with E-state index < -0.39 is 23.4 Å². The Balaban J connectivity index is 2.27. The molecular formula is C17H22NO5PS. The van der Waals surface area contributed by atoms with E-state index >= 15 is 0 Å². The van der Waals surface area contributed by atoms with Crippen LogP contribution in [0.4, 0.5) is 0 Å². The average molecular weight is 383 g/mol. The van der Waals surface area contributed by atoms with Crippen molar-refractivity contribution in [1.29, 1.82) is 0 Å². The normalized spacial score (nSPS) is 15.5. The standard InChI is InChI=1S/C17H22NO5PS/c1-4-17(24(19,20)23-3)18-25(21,22)16-10-8-14(9-11-16)15-7-5-6-13(2)12-15/h5-12,17-18H,4H2,1-3H3,(H,19,20). The molecule has 6 nitrogen and oxygen atoms in total. The summed E-state index contributed by atoms with van der Waals surface area (Å²) in [5.41, 5.74) is 2.99. The van der Waals surface area contributed by atoms with Crippen molar-refractivity contribution in [1.82, 2.24) is 4.72 Å². The van der Waals surface area contributed by atoms with Crippen molar-refractivity contribution in [3.8, 4) is 11.1 Å². The van der Waals surface area contributed by atoms with Gasteiger partial charge in [0, 0.05) is 7.11 Å². The Labute approximate surface area is 148 Å². The molecule has 0 aliphatic heterocycles. The van der Waals surface area contributed by atoms with Crippen molar-refractivity contribution in [2.75, 3.05) is 7.11 Å². The van der Waals surface area contributed by atoms with Crippen molar-refractivity contribution in [2.45, 2.75) is 30.9 Å². The van der Waals surface area contributed by atoms with E-state index in [9.17, 15) is 17.9 Å². The summed E-state index contributed by atoms with van der Waals surface area (Å²) in [6.07, 6.45) is 0.127. The van der Waals surface area contributed by atoms with Crippen LogP contribution in [0.1, 0.15) is 18.9 Å². The van der Waals surface area contributed by atoms with Crippen molar-refractivity contribution < 1.29 is 22.4 Å². The Hall–Kier alpha value is -1.50. The van der Waals surface area contributed by atoms with Crippen molar-refractivity contribution >= 4 is 17.6 Å². The molecule has 0 amide bonds. The van der Waals surface area contributed by atoms with E-state index in [-0.39, 0.29) is 11.3 Å². The summed E-state index contributed by atoms with van der Waals surface area (Å²) in [7, 11) is -6.91. The van der Waals surface area contributed by atoms with E-state index in [1.807, 2.05) is 31.2 Å². The Kier molecular flexibility index (Phi) is 6.19. The van der Waals surface area contributed by atoms with Gasteiger partial charge in [-0.05, 0) is 36.6 Å². The summed E-state index contributed by atoms with van der Waals surface area (Å²) >= 11 is 0. The van der Waals surface area contributed by atoms with Crippen LogP contribution in [0.3, 0.4) is 0 Å². The van der Waals surface area contributed by atoms with Gasteiger partial charge in [-0.15, -0.1) is 0 Å². The van der Waals surface area contributed by atoms with Crippen LogP contribution in [0.5, 0.6) is 0 Å². The molecule has 2 unspecified atom stereocenters. The molecule has 136 valence electrons. The average Bonchev–Trinajstić information content (AvgIpc) is 2.59. The van der Waals surface area contributed by atoms with Crippen LogP contribution < -0.4 is 4.72 Å². The van der Waals surface area contributed by atoms with Gasteiger partial charge in [0.1, 0.15) is 5.78 Å². The largest absolute Gasteiger partial charge is 0.345 e. The molecular weight excluding hydrogens is 361 g/mol. The van der Waals surface area contributed by atoms with Gasteiger partial charge in [0.05, 0.1) is 4.90 Å². The monoisotopic (exact) mass is 383 g/mol. The minimum Gasteiger partial charge on any atom is -0.323 e. The Morgan fingerprint density at radius 1 is 1.16 bits per heavy atom. The fraction of sp³-hybridized carbons (Fsp3) is 0.294. The lowest BCUT2D eigenvalue weighted by molar-refractivity contribution is 0.299. The van der Waals surface area contributed by atoms with Crippen LogP contribution in [-0.2, 0) is 19.1 Å². The van der Waals surface area contributed by atoms with E-state index in [1.54, 1.807) is 19.1 Å². The van der Waals surface area contributed by atoms with E-state index in [4.69, 9.17) is 0 Å². The van der Waals surface area contributed by atoms with Gasteiger partial charge in [0.15, 0.2) is 0 Å². The molecule has 0 bridgehead atoms. The first-order valence-electron chi connectivity index (χ1n) is 7.77. The van der Waals surface area contributed by atoms with E-state index in [0.29, 0.717) is 0 Å². The van der Waals surface area contributed by atoms with Gasteiger partial charge in [0.25, 0.3) is 0 Å². The Bertz CT molecular complexity index is 880. The SMILES string of the molecule is CCC(NS(=O)(=O)c1ccc(-c2cccc(C)c2)cc1)P(=O)(O)OC. The first kappa shape index (κ1) is 19.8. The maximum Gasteiger partial charge on any atom is 0.345 e. The molecule has 0 aromatic heterocycles. The smallest absolute Gasteiger partial charge is 0.323 e. The molecule has 0 saturated heterocycles. The Morgan fingerprint density at radius 2 is 1.80 bits per heavy atom. The molecule has 2 rings (SSSR count). The summed E-state index contributed by atoms with van der Waals surface area (Å²) in [4.78, 5) is 9.74. The number of rotatable bonds is 7. The number of sulfonamides is 1. The highest BCUT2D eigenvalue weighted by Crippen LogP contribution is 2.47. The second-order valence-corrected chi connectivity index (χ2v) is 9.52. The Morgan fingerprint density at radius 3 is 2.32 bits per heavy atom. The topological polar surface area (TPSA) is 92.7 Å². The number of aryl methyl sites for hydroxylation is 1. The molecule has 2 aromatic carbocycles. The predicted molar refractivity (Wildman–Crippen MR) is 97.8 cm³/mol. The molecule has 0 saturated carbocycles. The molecule has 2 N–H and O–H groups in total. The van der Waals surface area contributed by atoms with Crippen LogP contribution in [-0.4, -0.2) is 26.2 Å². The zero-order valence-electron chi connectivity index (χ0n) is 14.3. The molecule has 0 radical (unpaired) electrons. The summed E-state index contributed by atoms with van der Waals surface area (Å²) < 4.78 is 43.6. The first-order chi connectivity index (χ1) is 11.7. The highest BCUT2D eigenvalue weighted by molar-refractivity contribution is 7.89. The predicted octanol–water partition coefficient (Wildman–Crippen LogP) is 3.51. The van der Waals surface area contributed by atoms with Crippen LogP contribution in [0.2, 0.25) is 0 Å². The fourth-order valence-electron chi connectivity index (χ4n) is 2.41. The fourth-order valence-corrected chi connectivity index (χ4v) is 5.23. The van der Waals surface area contributed by atoms with Gasteiger partial charge in [-0.2, -0.15) is 4.72 Å². The summed E-state index contributed by atoms with van der Waals surface area (Å²) in [5, 5.41) is 0. The van der Waals surface area contributed by atoms with Crippen molar-refractivity contribution in [3.63, 3.8) is 0 Å². The molecule has 0 aliphatic carbocycles. The maximum atomic E-state index is 12.5. The van der Waals surface area contributed by atoms with Crippen LogP contribution >= 0.6 is 7.60 Å². The molecule has 0 fully saturated rings. The number of benzene rings is 2. The van der Waals surface area contributed by atoms with E-state index in [0.717, 1.165) is 23.8 Å². The number of nitrogens with one attached hydrogen (secondary N) is 1. The van der Waals surface area contributed by atoms with Gasteiger partial charge in [-0.3, -0.25) is 4.57 Å². The van der Waals surface area contributed by atoms with Gasteiger partial charge >= 0.3 is 7.60 Å². The van der Waals surface area contributed by atoms with Crippen LogP contribution in [0.25, 0.3) is 11.1 Å². The van der Waals surface area contributed by atoms with E-state index in [2.05, 4.69) is 9.25 Å². The lowest BCUT2D eigenvalue weighted by atomic mass is 10.0. The molecule has 2 aromatic rings. The van der Waals surface area contributed by atoms with Gasteiger partial charge in [0.2, 0.25) is 10.0 Å². The quantitative estimate of drug-likeness (QED) is 0.714. The summed E-state index contributed by atoms with van der Waals surface area (Å²) in [6.45, 7) is 3.59. The van der Waals surface area contributed by atoms with Crippen LogP contribution in [0.15, 0.2) is 53.4 Å². The first-order valence-corrected chi connectivity index (χ1v) is 10.9. The van der Waals surface area contributed by atoms with Crippen LogP contribution in [0, 0.1) is 6.92 Å². The van der Waals surface area contributed by atoms with Gasteiger partial charge < -0.3 is 9.42 Å². The summed E-state index contributed by atoms with van der Waals surface area (Å²) in [5.74, 6) is -1.20. The molecule has 8 heteroatoms. The lowest BCUT2D eigenvalue weighted by Crippen LogP contribution is -2.34. The maximum absolute atomic E-state index is 12.5. The molecule has 0 aliphatic rings. The third kappa shape index (κ3) is 4.77. The van der Waals surface area contributed by atoms with Gasteiger partial charge in [-0.1, -0.05) is 48.9 Å². The zero-order chi connectivity index (χ0) is 18.7. The van der Waals surface area contributed by atoms with Crippen molar-refractivity contribution in [3.05, 3.63) is 54.1 Å². The van der Waals surface area contributed by atoms with Gasteiger partial charge in [-0.25, -0.2) is 8.42 Å². The highest BCUT2D eigenvalue weighted by Gasteiger charge is 2.33. The molecule has 2 atom stereocenters. The number of hydrogen-bond donors (Lipinski definition) is 2. The van der Waals surface area contributed by atoms with E-state index in [1.165, 1.54) is 12.1 Å². The minimum absolute atomic E-state index is 0.0263. The lowest BCUT2D eigenvalue weighted by Gasteiger charge is -2.21. The molecule has 0 spiro atoms. The van der Waals surface area contributed by atoms with Crippen molar-refractivity contribution in [2.24, 2.45) is 0 Å². The number of hydrogen-bond acceptors (Lipinski definition) is 4.